The summed E-state index contributed by atoms with van der Waals surface area (Å²) in [6.45, 7) is 4.54. The van der Waals surface area contributed by atoms with Gasteiger partial charge in [-0.25, -0.2) is 8.78 Å². The van der Waals surface area contributed by atoms with Crippen LogP contribution in [0.4, 0.5) is 8.78 Å². The van der Waals surface area contributed by atoms with Crippen LogP contribution in [0.2, 0.25) is 0 Å². The lowest BCUT2D eigenvalue weighted by molar-refractivity contribution is 0.516. The van der Waals surface area contributed by atoms with Crippen LogP contribution in [-0.2, 0) is 12.8 Å². The molecular formula is C46H58F2N2S5. The van der Waals surface area contributed by atoms with Gasteiger partial charge in [-0.3, -0.25) is 0 Å². The van der Waals surface area contributed by atoms with Crippen LogP contribution in [0.1, 0.15) is 153 Å². The standard InChI is InChI=1S/C46H58F2N2S5/c1-3-5-7-9-11-13-15-17-19-21-23-33-29-39(51-31-33)35-25-27-37(53-35)41-43(47)44(48)42(46-45(41)49-55-50-46)38-28-26-36(54-38)40-30-34(32-52-40)24-22-20-18-16-14-12-10-8-6-4-2/h25-32H,3-24H2,1-2H3. The molecular weight excluding hydrogens is 779 g/mol. The molecule has 6 aromatic rings. The van der Waals surface area contributed by atoms with Gasteiger partial charge in [0.2, 0.25) is 0 Å². The molecule has 0 radical (unpaired) electrons. The Balaban J connectivity index is 1.04. The summed E-state index contributed by atoms with van der Waals surface area (Å²) >= 11 is 7.49. The molecule has 0 saturated carbocycles. The van der Waals surface area contributed by atoms with Crippen LogP contribution in [0.5, 0.6) is 0 Å². The van der Waals surface area contributed by atoms with E-state index in [9.17, 15) is 0 Å². The van der Waals surface area contributed by atoms with Gasteiger partial charge >= 0.3 is 0 Å². The van der Waals surface area contributed by atoms with Crippen LogP contribution in [0.15, 0.2) is 47.2 Å². The molecule has 296 valence electrons. The molecule has 5 heterocycles. The summed E-state index contributed by atoms with van der Waals surface area (Å²) in [6, 6.07) is 12.4. The Morgan fingerprint density at radius 3 is 1.16 bits per heavy atom. The third-order valence-electron chi connectivity index (χ3n) is 10.7. The number of benzene rings is 1. The lowest BCUT2D eigenvalue weighted by Crippen LogP contribution is -1.95. The molecule has 0 saturated heterocycles. The fraction of sp³-hybridized carbons (Fsp3) is 0.522. The van der Waals surface area contributed by atoms with Crippen LogP contribution >= 0.6 is 57.1 Å². The molecule has 0 atom stereocenters. The maximum Gasteiger partial charge on any atom is 0.170 e. The van der Waals surface area contributed by atoms with Gasteiger partial charge in [0, 0.05) is 29.3 Å². The SMILES string of the molecule is CCCCCCCCCCCCc1csc(-c2ccc(-c3c(F)c(F)c(-c4ccc(-c5cc(CCCCCCCCCCCC)cs5)s4)c4nsnc34)s2)c1. The van der Waals surface area contributed by atoms with Crippen molar-refractivity contribution in [2.45, 2.75) is 155 Å². The first kappa shape index (κ1) is 42.3. The van der Waals surface area contributed by atoms with Gasteiger partial charge < -0.3 is 0 Å². The van der Waals surface area contributed by atoms with Gasteiger partial charge in [-0.05, 0) is 84.0 Å². The van der Waals surface area contributed by atoms with Crippen LogP contribution in [0.25, 0.3) is 51.4 Å². The predicted molar refractivity (Wildman–Crippen MR) is 242 cm³/mol. The number of aromatic nitrogens is 2. The first-order valence-corrected chi connectivity index (χ1v) is 25.2. The first-order valence-electron chi connectivity index (χ1n) is 21.1. The van der Waals surface area contributed by atoms with E-state index in [0.29, 0.717) is 20.8 Å². The number of halogens is 2. The Hall–Kier alpha value is -2.30. The minimum absolute atomic E-state index is 0.218. The van der Waals surface area contributed by atoms with Crippen LogP contribution in [0.3, 0.4) is 0 Å². The van der Waals surface area contributed by atoms with E-state index in [1.165, 1.54) is 172 Å². The molecule has 0 amide bonds. The maximum atomic E-state index is 16.2. The third kappa shape index (κ3) is 11.9. The van der Waals surface area contributed by atoms with Crippen molar-refractivity contribution in [1.82, 2.24) is 8.75 Å². The molecule has 0 N–H and O–H groups in total. The van der Waals surface area contributed by atoms with Crippen molar-refractivity contribution in [3.8, 4) is 40.4 Å². The van der Waals surface area contributed by atoms with Crippen molar-refractivity contribution in [2.75, 3.05) is 0 Å². The summed E-state index contributed by atoms with van der Waals surface area (Å²) in [7, 11) is 0. The number of aryl methyl sites for hydroxylation is 2. The number of rotatable bonds is 26. The second-order valence-corrected chi connectivity index (χ2v) is 19.7. The molecule has 0 fully saturated rings. The van der Waals surface area contributed by atoms with E-state index in [2.05, 4.69) is 45.5 Å². The summed E-state index contributed by atoms with van der Waals surface area (Å²) in [5, 5.41) is 4.51. The third-order valence-corrected chi connectivity index (χ3v) is 15.8. The van der Waals surface area contributed by atoms with E-state index >= 15 is 8.78 Å². The summed E-state index contributed by atoms with van der Waals surface area (Å²) < 4.78 is 41.4. The molecule has 0 spiro atoms. The first-order chi connectivity index (χ1) is 27.1. The molecule has 0 bridgehead atoms. The van der Waals surface area contributed by atoms with Crippen molar-refractivity contribution in [1.29, 1.82) is 0 Å². The summed E-state index contributed by atoms with van der Waals surface area (Å²) in [6.07, 6.45) is 29.0. The fourth-order valence-corrected chi connectivity index (χ4v) is 12.3. The largest absolute Gasteiger partial charge is 0.203 e. The highest BCUT2D eigenvalue weighted by Crippen LogP contribution is 2.46. The van der Waals surface area contributed by atoms with Crippen LogP contribution in [-0.4, -0.2) is 8.75 Å². The molecule has 55 heavy (non-hydrogen) atoms. The molecule has 0 aliphatic rings. The Morgan fingerprint density at radius 2 is 0.782 bits per heavy atom. The average Bonchev–Trinajstić information content (AvgIpc) is 4.05. The fourth-order valence-electron chi connectivity index (χ4n) is 7.51. The lowest BCUT2D eigenvalue weighted by Gasteiger charge is -2.08. The van der Waals surface area contributed by atoms with Crippen molar-refractivity contribution >= 4 is 68.1 Å². The van der Waals surface area contributed by atoms with Gasteiger partial charge in [0.05, 0.1) is 22.9 Å². The minimum atomic E-state index is -0.846. The predicted octanol–water partition coefficient (Wildman–Crippen LogP) is 17.8. The highest BCUT2D eigenvalue weighted by molar-refractivity contribution is 7.24. The molecule has 5 aromatic heterocycles. The van der Waals surface area contributed by atoms with E-state index < -0.39 is 11.6 Å². The lowest BCUT2D eigenvalue weighted by atomic mass is 10.0. The maximum absolute atomic E-state index is 16.2. The van der Waals surface area contributed by atoms with Crippen molar-refractivity contribution in [2.24, 2.45) is 0 Å². The highest BCUT2D eigenvalue weighted by Gasteiger charge is 2.27. The molecule has 6 rings (SSSR count). The van der Waals surface area contributed by atoms with Gasteiger partial charge in [-0.1, -0.05) is 129 Å². The minimum Gasteiger partial charge on any atom is -0.203 e. The zero-order valence-electron chi connectivity index (χ0n) is 32.9. The number of hydrogen-bond donors (Lipinski definition) is 0. The van der Waals surface area contributed by atoms with Crippen molar-refractivity contribution in [3.05, 3.63) is 69.9 Å². The zero-order chi connectivity index (χ0) is 38.2. The second kappa shape index (κ2) is 22.6. The normalized spacial score (nSPS) is 11.8. The molecule has 2 nitrogen and oxygen atoms in total. The molecule has 0 unspecified atom stereocenters. The van der Waals surface area contributed by atoms with Gasteiger partial charge in [0.25, 0.3) is 0 Å². The monoisotopic (exact) mass is 836 g/mol. The summed E-state index contributed by atoms with van der Waals surface area (Å²) in [5.41, 5.74) is 4.04. The number of hydrogen-bond acceptors (Lipinski definition) is 7. The summed E-state index contributed by atoms with van der Waals surface area (Å²) in [5.74, 6) is -1.69. The highest BCUT2D eigenvalue weighted by atomic mass is 32.1. The Labute approximate surface area is 348 Å². The van der Waals surface area contributed by atoms with Crippen LogP contribution < -0.4 is 0 Å². The molecule has 0 aliphatic heterocycles. The quantitative estimate of drug-likeness (QED) is 0.0509. The van der Waals surface area contributed by atoms with E-state index in [-0.39, 0.29) is 11.1 Å². The Kier molecular flexibility index (Phi) is 17.4. The smallest absolute Gasteiger partial charge is 0.170 e. The number of fused-ring (bicyclic) bond motifs is 1. The second-order valence-electron chi connectivity index (χ2n) is 15.2. The Bertz CT molecular complexity index is 1870. The van der Waals surface area contributed by atoms with E-state index in [0.717, 1.165) is 34.3 Å². The van der Waals surface area contributed by atoms with Crippen molar-refractivity contribution < 1.29 is 8.78 Å². The molecule has 1 aromatic carbocycles. The topological polar surface area (TPSA) is 25.8 Å². The summed E-state index contributed by atoms with van der Waals surface area (Å²) in [4.78, 5) is 5.85. The van der Waals surface area contributed by atoms with E-state index in [4.69, 9.17) is 0 Å². The van der Waals surface area contributed by atoms with Gasteiger partial charge in [-0.2, -0.15) is 8.75 Å². The van der Waals surface area contributed by atoms with Gasteiger partial charge in [-0.15, -0.1) is 45.3 Å². The zero-order valence-corrected chi connectivity index (χ0v) is 36.9. The molecule has 0 aliphatic carbocycles. The average molecular weight is 837 g/mol. The van der Waals surface area contributed by atoms with Gasteiger partial charge in [0.15, 0.2) is 11.6 Å². The van der Waals surface area contributed by atoms with E-state index in [1.54, 1.807) is 22.7 Å². The number of thiophene rings is 4. The van der Waals surface area contributed by atoms with E-state index in [1.807, 2.05) is 24.3 Å². The Morgan fingerprint density at radius 1 is 0.436 bits per heavy atom. The van der Waals surface area contributed by atoms with Gasteiger partial charge in [0.1, 0.15) is 11.0 Å². The molecule has 9 heteroatoms. The number of unbranched alkanes of at least 4 members (excludes halogenated alkanes) is 18. The van der Waals surface area contributed by atoms with Crippen molar-refractivity contribution in [3.63, 3.8) is 0 Å². The number of nitrogens with zero attached hydrogens (tertiary/aromatic N) is 2. The van der Waals surface area contributed by atoms with Crippen LogP contribution in [0, 0.1) is 11.6 Å².